The lowest BCUT2D eigenvalue weighted by Crippen LogP contribution is -2.48. The number of fused-ring (bicyclic) bond motifs is 1. The molecular formula is C22H26FN3O. The fraction of sp³-hybridized carbons (Fsp3) is 0.364. The van der Waals surface area contributed by atoms with E-state index >= 15 is 0 Å². The molecule has 5 heteroatoms. The summed E-state index contributed by atoms with van der Waals surface area (Å²) in [5, 5.41) is 4.03. The van der Waals surface area contributed by atoms with Crippen molar-refractivity contribution < 1.29 is 9.18 Å². The van der Waals surface area contributed by atoms with E-state index in [1.807, 2.05) is 6.07 Å². The summed E-state index contributed by atoms with van der Waals surface area (Å²) >= 11 is 0. The molecule has 1 N–H and O–H groups in total. The van der Waals surface area contributed by atoms with Gasteiger partial charge in [-0.1, -0.05) is 19.1 Å². The molecule has 1 aliphatic rings. The maximum Gasteiger partial charge on any atom is 0.271 e. The molecule has 1 aliphatic heterocycles. The second-order valence-electron chi connectivity index (χ2n) is 7.69. The number of hydrazone groups is 1. The van der Waals surface area contributed by atoms with Gasteiger partial charge in [-0.05, 0) is 74.6 Å². The number of anilines is 1. The number of nitrogens with one attached hydrogen (secondary N) is 1. The van der Waals surface area contributed by atoms with Crippen LogP contribution in [0.15, 0.2) is 47.6 Å². The summed E-state index contributed by atoms with van der Waals surface area (Å²) in [6.07, 6.45) is 2.71. The van der Waals surface area contributed by atoms with Gasteiger partial charge in [0.15, 0.2) is 0 Å². The van der Waals surface area contributed by atoms with Crippen LogP contribution in [0, 0.1) is 5.82 Å². The van der Waals surface area contributed by atoms with Crippen LogP contribution in [-0.4, -0.2) is 24.2 Å². The number of hydrogen-bond acceptors (Lipinski definition) is 3. The fourth-order valence-electron chi connectivity index (χ4n) is 4.05. The average Bonchev–Trinajstić information content (AvgIpc) is 2.61. The smallest absolute Gasteiger partial charge is 0.271 e. The number of halogens is 1. The molecule has 27 heavy (non-hydrogen) atoms. The van der Waals surface area contributed by atoms with Crippen molar-refractivity contribution in [2.45, 2.75) is 45.6 Å². The van der Waals surface area contributed by atoms with Crippen LogP contribution in [-0.2, 0) is 0 Å². The predicted octanol–water partition coefficient (Wildman–Crippen LogP) is 4.70. The first kappa shape index (κ1) is 19.1. The molecule has 2 aromatic carbocycles. The summed E-state index contributed by atoms with van der Waals surface area (Å²) in [5.41, 5.74) is 6.32. The maximum absolute atomic E-state index is 13.2. The first-order valence-corrected chi connectivity index (χ1v) is 9.32. The topological polar surface area (TPSA) is 44.7 Å². The van der Waals surface area contributed by atoms with Crippen molar-refractivity contribution in [2.75, 3.05) is 11.4 Å². The molecule has 0 aromatic heterocycles. The normalized spacial score (nSPS) is 18.4. The second kappa shape index (κ2) is 7.51. The standard InChI is InChI=1S/C22H26FN3O/c1-5-26-20-10-9-16(11-19(20)15(2)13-22(26,3)4)14-24-25-21(27)17-7-6-8-18(23)12-17/h6-12,14-15H,5,13H2,1-4H3,(H,25,27)/b24-14-/t15-/m0/s1. The number of hydrogen-bond donors (Lipinski definition) is 1. The third-order valence-electron chi connectivity index (χ3n) is 5.19. The predicted molar refractivity (Wildman–Crippen MR) is 108 cm³/mol. The number of carbonyl (C=O) groups excluding carboxylic acids is 1. The molecule has 142 valence electrons. The number of amides is 1. The summed E-state index contributed by atoms with van der Waals surface area (Å²) in [6.45, 7) is 9.96. The molecule has 0 unspecified atom stereocenters. The molecule has 1 atom stereocenters. The third kappa shape index (κ3) is 4.02. The van der Waals surface area contributed by atoms with E-state index in [9.17, 15) is 9.18 Å². The molecule has 1 heterocycles. The zero-order chi connectivity index (χ0) is 19.6. The highest BCUT2D eigenvalue weighted by Crippen LogP contribution is 2.43. The molecule has 0 spiro atoms. The average molecular weight is 367 g/mol. The SMILES string of the molecule is CCN1c2ccc(/C=N\NC(=O)c3cccc(F)c3)cc2[C@@H](C)CC1(C)C. The number of benzene rings is 2. The van der Waals surface area contributed by atoms with E-state index in [1.165, 1.54) is 29.4 Å². The lowest BCUT2D eigenvalue weighted by Gasteiger charge is -2.47. The third-order valence-corrected chi connectivity index (χ3v) is 5.19. The van der Waals surface area contributed by atoms with Gasteiger partial charge in [0.1, 0.15) is 5.82 Å². The zero-order valence-corrected chi connectivity index (χ0v) is 16.3. The Bertz CT molecular complexity index is 876. The van der Waals surface area contributed by atoms with Gasteiger partial charge in [0.25, 0.3) is 5.91 Å². The van der Waals surface area contributed by atoms with Crippen LogP contribution in [0.3, 0.4) is 0 Å². The van der Waals surface area contributed by atoms with Crippen molar-refractivity contribution >= 4 is 17.8 Å². The largest absolute Gasteiger partial charge is 0.366 e. The Morgan fingerprint density at radius 2 is 2.11 bits per heavy atom. The van der Waals surface area contributed by atoms with Gasteiger partial charge >= 0.3 is 0 Å². The molecule has 3 rings (SSSR count). The van der Waals surface area contributed by atoms with Crippen LogP contribution >= 0.6 is 0 Å². The fourth-order valence-corrected chi connectivity index (χ4v) is 4.05. The van der Waals surface area contributed by atoms with Gasteiger partial charge in [0.05, 0.1) is 6.21 Å². The highest BCUT2D eigenvalue weighted by Gasteiger charge is 2.35. The summed E-state index contributed by atoms with van der Waals surface area (Å²) in [6, 6.07) is 11.8. The van der Waals surface area contributed by atoms with Crippen molar-refractivity contribution in [1.82, 2.24) is 5.43 Å². The minimum Gasteiger partial charge on any atom is -0.366 e. The molecule has 0 radical (unpaired) electrons. The molecule has 1 amide bonds. The molecule has 4 nitrogen and oxygen atoms in total. The Balaban J connectivity index is 1.76. The van der Waals surface area contributed by atoms with Crippen molar-refractivity contribution in [3.05, 3.63) is 65.0 Å². The van der Waals surface area contributed by atoms with Crippen LogP contribution in [0.5, 0.6) is 0 Å². The Labute approximate surface area is 160 Å². The molecular weight excluding hydrogens is 341 g/mol. The summed E-state index contributed by atoms with van der Waals surface area (Å²) in [5.74, 6) is -0.428. The molecule has 0 bridgehead atoms. The van der Waals surface area contributed by atoms with E-state index in [0.717, 1.165) is 18.5 Å². The van der Waals surface area contributed by atoms with Crippen LogP contribution in [0.25, 0.3) is 0 Å². The second-order valence-corrected chi connectivity index (χ2v) is 7.69. The Kier molecular flexibility index (Phi) is 5.31. The van der Waals surface area contributed by atoms with Gasteiger partial charge in [-0.3, -0.25) is 4.79 Å². The van der Waals surface area contributed by atoms with E-state index in [2.05, 4.69) is 55.3 Å². The minimum atomic E-state index is -0.446. The van der Waals surface area contributed by atoms with Gasteiger partial charge in [-0.15, -0.1) is 0 Å². The lowest BCUT2D eigenvalue weighted by atomic mass is 9.79. The van der Waals surface area contributed by atoms with Gasteiger partial charge in [0, 0.05) is 23.3 Å². The minimum absolute atomic E-state index is 0.135. The van der Waals surface area contributed by atoms with Crippen molar-refractivity contribution in [1.29, 1.82) is 0 Å². The van der Waals surface area contributed by atoms with Crippen molar-refractivity contribution in [2.24, 2.45) is 5.10 Å². The number of carbonyl (C=O) groups is 1. The lowest BCUT2D eigenvalue weighted by molar-refractivity contribution is 0.0954. The Morgan fingerprint density at radius 3 is 2.81 bits per heavy atom. The zero-order valence-electron chi connectivity index (χ0n) is 16.3. The molecule has 0 fully saturated rings. The number of nitrogens with zero attached hydrogens (tertiary/aromatic N) is 2. The molecule has 0 saturated carbocycles. The van der Waals surface area contributed by atoms with E-state index in [4.69, 9.17) is 0 Å². The molecule has 2 aromatic rings. The van der Waals surface area contributed by atoms with Gasteiger partial charge < -0.3 is 4.90 Å². The summed E-state index contributed by atoms with van der Waals surface area (Å²) < 4.78 is 13.2. The highest BCUT2D eigenvalue weighted by atomic mass is 19.1. The van der Waals surface area contributed by atoms with Gasteiger partial charge in [0.2, 0.25) is 0 Å². The summed E-state index contributed by atoms with van der Waals surface area (Å²) in [7, 11) is 0. The Morgan fingerprint density at radius 1 is 1.33 bits per heavy atom. The van der Waals surface area contributed by atoms with E-state index < -0.39 is 11.7 Å². The van der Waals surface area contributed by atoms with Crippen LogP contribution in [0.2, 0.25) is 0 Å². The van der Waals surface area contributed by atoms with Crippen molar-refractivity contribution in [3.8, 4) is 0 Å². The first-order chi connectivity index (χ1) is 12.8. The first-order valence-electron chi connectivity index (χ1n) is 9.32. The Hall–Kier alpha value is -2.69. The number of rotatable bonds is 4. The highest BCUT2D eigenvalue weighted by molar-refractivity contribution is 5.94. The van der Waals surface area contributed by atoms with Gasteiger partial charge in [-0.25, -0.2) is 9.82 Å². The van der Waals surface area contributed by atoms with Crippen molar-refractivity contribution in [3.63, 3.8) is 0 Å². The molecule has 0 saturated heterocycles. The van der Waals surface area contributed by atoms with E-state index in [1.54, 1.807) is 12.3 Å². The van der Waals surface area contributed by atoms with E-state index in [0.29, 0.717) is 5.92 Å². The van der Waals surface area contributed by atoms with Crippen LogP contribution in [0.4, 0.5) is 10.1 Å². The quantitative estimate of drug-likeness (QED) is 0.629. The van der Waals surface area contributed by atoms with Crippen LogP contribution in [0.1, 0.15) is 61.5 Å². The van der Waals surface area contributed by atoms with E-state index in [-0.39, 0.29) is 11.1 Å². The maximum atomic E-state index is 13.2. The van der Waals surface area contributed by atoms with Crippen LogP contribution < -0.4 is 10.3 Å². The summed E-state index contributed by atoms with van der Waals surface area (Å²) in [4.78, 5) is 14.5. The van der Waals surface area contributed by atoms with Gasteiger partial charge in [-0.2, -0.15) is 5.10 Å². The molecule has 0 aliphatic carbocycles. The monoisotopic (exact) mass is 367 g/mol.